The highest BCUT2D eigenvalue weighted by Crippen LogP contribution is 2.33. The van der Waals surface area contributed by atoms with Crippen LogP contribution in [-0.2, 0) is 13.6 Å². The van der Waals surface area contributed by atoms with Gasteiger partial charge in [-0.1, -0.05) is 17.7 Å². The molecule has 0 atom stereocenters. The summed E-state index contributed by atoms with van der Waals surface area (Å²) in [7, 11) is 3.50. The van der Waals surface area contributed by atoms with E-state index in [-0.39, 0.29) is 0 Å². The first-order chi connectivity index (χ1) is 8.58. The van der Waals surface area contributed by atoms with Gasteiger partial charge in [0.1, 0.15) is 5.75 Å². The first-order valence-corrected chi connectivity index (χ1v) is 6.02. The second-order valence-electron chi connectivity index (χ2n) is 4.08. The molecule has 0 bridgehead atoms. The lowest BCUT2D eigenvalue weighted by Gasteiger charge is -2.07. The highest BCUT2D eigenvalue weighted by atomic mass is 35.5. The summed E-state index contributed by atoms with van der Waals surface area (Å²) in [6.45, 7) is 2.42. The number of rotatable bonds is 3. The smallest absolute Gasteiger partial charge is 0.137 e. The second-order valence-corrected chi connectivity index (χ2v) is 4.49. The van der Waals surface area contributed by atoms with Crippen LogP contribution in [0.1, 0.15) is 11.4 Å². The van der Waals surface area contributed by atoms with Gasteiger partial charge in [-0.3, -0.25) is 4.68 Å². The summed E-state index contributed by atoms with van der Waals surface area (Å²) < 4.78 is 6.98. The van der Waals surface area contributed by atoms with E-state index in [1.54, 1.807) is 7.11 Å². The molecule has 0 amide bonds. The van der Waals surface area contributed by atoms with Crippen molar-refractivity contribution in [1.29, 1.82) is 0 Å². The zero-order valence-corrected chi connectivity index (χ0v) is 11.5. The number of hydrogen-bond acceptors (Lipinski definition) is 3. The van der Waals surface area contributed by atoms with Gasteiger partial charge in [-0.25, -0.2) is 0 Å². The highest BCUT2D eigenvalue weighted by Gasteiger charge is 2.14. The van der Waals surface area contributed by atoms with E-state index in [0.29, 0.717) is 17.3 Å². The lowest BCUT2D eigenvalue weighted by atomic mass is 10.0. The van der Waals surface area contributed by atoms with E-state index in [9.17, 15) is 0 Å². The molecule has 0 radical (unpaired) electrons. The third-order valence-corrected chi connectivity index (χ3v) is 3.34. The number of aryl methyl sites for hydroxylation is 1. The van der Waals surface area contributed by atoms with Crippen LogP contribution in [0.25, 0.3) is 11.1 Å². The van der Waals surface area contributed by atoms with Crippen molar-refractivity contribution in [2.24, 2.45) is 12.8 Å². The van der Waals surface area contributed by atoms with Gasteiger partial charge in [-0.05, 0) is 24.6 Å². The first-order valence-electron chi connectivity index (χ1n) is 5.65. The Morgan fingerprint density at radius 1 is 1.44 bits per heavy atom. The van der Waals surface area contributed by atoms with Gasteiger partial charge in [0.05, 0.1) is 17.8 Å². The van der Waals surface area contributed by atoms with E-state index in [1.807, 2.05) is 36.9 Å². The summed E-state index contributed by atoms with van der Waals surface area (Å²) in [5, 5.41) is 4.98. The molecule has 0 unspecified atom stereocenters. The standard InChI is InChI=1S/C13H16ClN3O/c1-8-13(11(7-15)16-17(8)2)9-4-5-12(18-3)10(14)6-9/h4-6H,7,15H2,1-3H3. The molecule has 0 saturated carbocycles. The van der Waals surface area contributed by atoms with Gasteiger partial charge in [0, 0.05) is 24.8 Å². The number of nitrogens with zero attached hydrogens (tertiary/aromatic N) is 2. The summed E-state index contributed by atoms with van der Waals surface area (Å²) >= 11 is 6.15. The molecule has 1 aromatic heterocycles. The zero-order chi connectivity index (χ0) is 13.3. The summed E-state index contributed by atoms with van der Waals surface area (Å²) in [6.07, 6.45) is 0. The molecule has 0 saturated heterocycles. The molecule has 1 aromatic carbocycles. The van der Waals surface area contributed by atoms with Gasteiger partial charge >= 0.3 is 0 Å². The van der Waals surface area contributed by atoms with Crippen molar-refractivity contribution in [3.8, 4) is 16.9 Å². The fraction of sp³-hybridized carbons (Fsp3) is 0.308. The summed E-state index contributed by atoms with van der Waals surface area (Å²) in [5.41, 5.74) is 9.72. The Hall–Kier alpha value is -1.52. The molecule has 2 N–H and O–H groups in total. The van der Waals surface area contributed by atoms with Gasteiger partial charge < -0.3 is 10.5 Å². The number of halogens is 1. The third-order valence-electron chi connectivity index (χ3n) is 3.04. The minimum atomic E-state index is 0.403. The second kappa shape index (κ2) is 5.00. The monoisotopic (exact) mass is 265 g/mol. The average Bonchev–Trinajstić information content (AvgIpc) is 2.65. The molecule has 2 rings (SSSR count). The van der Waals surface area contributed by atoms with E-state index in [1.165, 1.54) is 0 Å². The fourth-order valence-corrected chi connectivity index (χ4v) is 2.27. The topological polar surface area (TPSA) is 53.1 Å². The van der Waals surface area contributed by atoms with E-state index < -0.39 is 0 Å². The van der Waals surface area contributed by atoms with Crippen LogP contribution in [0.2, 0.25) is 5.02 Å². The Labute approximate surface area is 111 Å². The Kier molecular flexibility index (Phi) is 3.59. The Morgan fingerprint density at radius 2 is 2.17 bits per heavy atom. The largest absolute Gasteiger partial charge is 0.495 e. The molecule has 2 aromatic rings. The van der Waals surface area contributed by atoms with Gasteiger partial charge in [-0.15, -0.1) is 0 Å². The van der Waals surface area contributed by atoms with Gasteiger partial charge in [0.15, 0.2) is 0 Å². The van der Waals surface area contributed by atoms with E-state index in [4.69, 9.17) is 22.1 Å². The fourth-order valence-electron chi connectivity index (χ4n) is 2.02. The number of benzene rings is 1. The predicted octanol–water partition coefficient (Wildman–Crippen LogP) is 2.52. The molecular formula is C13H16ClN3O. The number of methoxy groups -OCH3 is 1. The molecule has 0 aliphatic rings. The van der Waals surface area contributed by atoms with Crippen molar-refractivity contribution in [2.45, 2.75) is 13.5 Å². The quantitative estimate of drug-likeness (QED) is 0.928. The van der Waals surface area contributed by atoms with E-state index >= 15 is 0 Å². The minimum Gasteiger partial charge on any atom is -0.495 e. The van der Waals surface area contributed by atoms with Crippen molar-refractivity contribution < 1.29 is 4.74 Å². The zero-order valence-electron chi connectivity index (χ0n) is 10.7. The maximum absolute atomic E-state index is 6.15. The molecule has 0 aliphatic heterocycles. The summed E-state index contributed by atoms with van der Waals surface area (Å²) in [4.78, 5) is 0. The van der Waals surface area contributed by atoms with Gasteiger partial charge in [0.2, 0.25) is 0 Å². The lowest BCUT2D eigenvalue weighted by molar-refractivity contribution is 0.415. The molecule has 5 heteroatoms. The molecule has 18 heavy (non-hydrogen) atoms. The molecule has 96 valence electrons. The van der Waals surface area contributed by atoms with Crippen molar-refractivity contribution >= 4 is 11.6 Å². The van der Waals surface area contributed by atoms with Crippen LogP contribution in [0.15, 0.2) is 18.2 Å². The number of nitrogens with two attached hydrogens (primary N) is 1. The van der Waals surface area contributed by atoms with Crippen molar-refractivity contribution in [3.63, 3.8) is 0 Å². The van der Waals surface area contributed by atoms with Gasteiger partial charge in [0.25, 0.3) is 0 Å². The maximum atomic E-state index is 6.15. The lowest BCUT2D eigenvalue weighted by Crippen LogP contribution is -1.99. The number of aromatic nitrogens is 2. The highest BCUT2D eigenvalue weighted by molar-refractivity contribution is 6.32. The third kappa shape index (κ3) is 2.09. The maximum Gasteiger partial charge on any atom is 0.137 e. The van der Waals surface area contributed by atoms with E-state index in [2.05, 4.69) is 5.10 Å². The van der Waals surface area contributed by atoms with Crippen LogP contribution in [0.4, 0.5) is 0 Å². The van der Waals surface area contributed by atoms with Crippen molar-refractivity contribution in [3.05, 3.63) is 34.6 Å². The first kappa shape index (κ1) is 12.9. The van der Waals surface area contributed by atoms with Crippen LogP contribution >= 0.6 is 11.6 Å². The Bertz CT molecular complexity index is 578. The van der Waals surface area contributed by atoms with Crippen molar-refractivity contribution in [1.82, 2.24) is 9.78 Å². The molecule has 4 nitrogen and oxygen atoms in total. The number of hydrogen-bond donors (Lipinski definition) is 1. The Morgan fingerprint density at radius 3 is 2.72 bits per heavy atom. The van der Waals surface area contributed by atoms with Crippen LogP contribution in [0, 0.1) is 6.92 Å². The van der Waals surface area contributed by atoms with Crippen LogP contribution in [0.5, 0.6) is 5.75 Å². The molecular weight excluding hydrogens is 250 g/mol. The van der Waals surface area contributed by atoms with Crippen LogP contribution < -0.4 is 10.5 Å². The molecule has 1 heterocycles. The summed E-state index contributed by atoms with van der Waals surface area (Å²) in [6, 6.07) is 5.70. The molecule has 0 fully saturated rings. The Balaban J connectivity index is 2.58. The summed E-state index contributed by atoms with van der Waals surface area (Å²) in [5.74, 6) is 0.663. The molecule has 0 aliphatic carbocycles. The van der Waals surface area contributed by atoms with Crippen molar-refractivity contribution in [2.75, 3.05) is 7.11 Å². The normalized spacial score (nSPS) is 10.7. The number of ether oxygens (including phenoxy) is 1. The predicted molar refractivity (Wildman–Crippen MR) is 72.8 cm³/mol. The van der Waals surface area contributed by atoms with Gasteiger partial charge in [-0.2, -0.15) is 5.10 Å². The minimum absolute atomic E-state index is 0.403. The SMILES string of the molecule is COc1ccc(-c2c(CN)nn(C)c2C)cc1Cl. The van der Waals surface area contributed by atoms with E-state index in [0.717, 1.165) is 22.5 Å². The average molecular weight is 266 g/mol. The van der Waals surface area contributed by atoms with Crippen LogP contribution in [0.3, 0.4) is 0 Å². The molecule has 0 spiro atoms. The van der Waals surface area contributed by atoms with Crippen LogP contribution in [-0.4, -0.2) is 16.9 Å².